The summed E-state index contributed by atoms with van der Waals surface area (Å²) in [7, 11) is 0. The molecular formula is C25H17Cl2N3O8. The quantitative estimate of drug-likeness (QED) is 0.132. The number of nitro benzene ring substituents is 2. The minimum atomic E-state index is -0.759. The van der Waals surface area contributed by atoms with Crippen molar-refractivity contribution in [1.29, 1.82) is 0 Å². The summed E-state index contributed by atoms with van der Waals surface area (Å²) >= 11 is 12.3. The van der Waals surface area contributed by atoms with E-state index < -0.39 is 15.8 Å². The first kappa shape index (κ1) is 26.6. The first-order valence-electron chi connectivity index (χ1n) is 11.0. The lowest BCUT2D eigenvalue weighted by Gasteiger charge is -2.14. The molecule has 1 heterocycles. The lowest BCUT2D eigenvalue weighted by Crippen LogP contribution is -2.06. The molecule has 11 nitrogen and oxygen atoms in total. The van der Waals surface area contributed by atoms with E-state index in [1.165, 1.54) is 42.5 Å². The number of rotatable bonds is 9. The molecule has 0 saturated heterocycles. The molecule has 1 aliphatic rings. The van der Waals surface area contributed by atoms with Crippen LogP contribution in [0.1, 0.15) is 23.6 Å². The molecule has 0 fully saturated rings. The molecule has 0 bridgehead atoms. The van der Waals surface area contributed by atoms with E-state index >= 15 is 0 Å². The van der Waals surface area contributed by atoms with Crippen LogP contribution < -0.4 is 9.47 Å². The van der Waals surface area contributed by atoms with Gasteiger partial charge in [0.1, 0.15) is 11.6 Å². The number of aliphatic imine (C=N–C) groups is 1. The van der Waals surface area contributed by atoms with E-state index in [1.807, 2.05) is 0 Å². The predicted octanol–water partition coefficient (Wildman–Crippen LogP) is 6.13. The molecule has 4 rings (SSSR count). The van der Waals surface area contributed by atoms with Gasteiger partial charge in [-0.05, 0) is 60.5 Å². The molecule has 0 spiro atoms. The van der Waals surface area contributed by atoms with Crippen molar-refractivity contribution in [3.63, 3.8) is 0 Å². The highest BCUT2D eigenvalue weighted by Gasteiger charge is 2.26. The minimum absolute atomic E-state index is 0.0373. The van der Waals surface area contributed by atoms with Crippen LogP contribution in [0, 0.1) is 20.2 Å². The topological polar surface area (TPSA) is 143 Å². The zero-order valence-electron chi connectivity index (χ0n) is 19.6. The number of non-ortho nitro benzene ring substituents is 1. The summed E-state index contributed by atoms with van der Waals surface area (Å²) in [5, 5.41) is 22.1. The number of esters is 1. The fourth-order valence-electron chi connectivity index (χ4n) is 3.42. The summed E-state index contributed by atoms with van der Waals surface area (Å²) < 4.78 is 16.7. The van der Waals surface area contributed by atoms with Gasteiger partial charge in [-0.3, -0.25) is 20.2 Å². The largest absolute Gasteiger partial charge is 0.490 e. The zero-order chi connectivity index (χ0) is 27.4. The Morgan fingerprint density at radius 1 is 0.974 bits per heavy atom. The average molecular weight is 558 g/mol. The summed E-state index contributed by atoms with van der Waals surface area (Å²) in [5.74, 6) is -0.316. The first-order chi connectivity index (χ1) is 18.2. The maximum absolute atomic E-state index is 12.4. The van der Waals surface area contributed by atoms with Gasteiger partial charge in [-0.15, -0.1) is 0 Å². The molecule has 0 radical (unpaired) electrons. The number of carbonyl (C=O) groups excluding carboxylic acids is 1. The van der Waals surface area contributed by atoms with Gasteiger partial charge in [-0.1, -0.05) is 23.2 Å². The number of halogens is 2. The molecule has 1 aliphatic heterocycles. The SMILES string of the molecule is CCOc1cc(/C=C2\N=C(c3ccc(Cl)c([N+](=O)[O-])c3)OC2=O)cc(Cl)c1OCc1ccc([N+](=O)[O-])cc1. The van der Waals surface area contributed by atoms with Gasteiger partial charge >= 0.3 is 5.97 Å². The normalized spacial score (nSPS) is 13.7. The lowest BCUT2D eigenvalue weighted by molar-refractivity contribution is -0.385. The van der Waals surface area contributed by atoms with E-state index in [2.05, 4.69) is 4.99 Å². The van der Waals surface area contributed by atoms with Crippen molar-refractivity contribution in [2.24, 2.45) is 4.99 Å². The Labute approximate surface area is 225 Å². The summed E-state index contributed by atoms with van der Waals surface area (Å²) in [6.45, 7) is 2.14. The van der Waals surface area contributed by atoms with E-state index in [9.17, 15) is 25.0 Å². The second-order valence-corrected chi connectivity index (χ2v) is 8.55. The molecule has 3 aromatic rings. The standard InChI is InChI=1S/C25H17Cl2N3O8/c1-2-36-22-11-15(9-19(27)23(22)37-13-14-3-6-17(7-4-14)29(32)33)10-20-25(31)38-24(28-20)16-5-8-18(26)21(12-16)30(34)35/h3-12H,2,13H2,1H3/b20-10-. The van der Waals surface area contributed by atoms with Gasteiger partial charge in [0.05, 0.1) is 21.5 Å². The Kier molecular flexibility index (Phi) is 7.89. The Morgan fingerprint density at radius 3 is 2.37 bits per heavy atom. The van der Waals surface area contributed by atoms with Gasteiger partial charge < -0.3 is 14.2 Å². The van der Waals surface area contributed by atoms with Crippen molar-refractivity contribution in [3.05, 3.63) is 107 Å². The van der Waals surface area contributed by atoms with Gasteiger partial charge in [0.25, 0.3) is 11.4 Å². The molecular weight excluding hydrogens is 541 g/mol. The third kappa shape index (κ3) is 5.90. The highest BCUT2D eigenvalue weighted by atomic mass is 35.5. The van der Waals surface area contributed by atoms with Crippen molar-refractivity contribution in [2.75, 3.05) is 6.61 Å². The average Bonchev–Trinajstić information content (AvgIpc) is 3.24. The second kappa shape index (κ2) is 11.3. The van der Waals surface area contributed by atoms with Crippen molar-refractivity contribution < 1.29 is 28.9 Å². The molecule has 0 atom stereocenters. The van der Waals surface area contributed by atoms with Crippen LogP contribution in [-0.2, 0) is 16.1 Å². The number of hydrogen-bond donors (Lipinski definition) is 0. The van der Waals surface area contributed by atoms with Crippen LogP contribution in [0.2, 0.25) is 10.0 Å². The van der Waals surface area contributed by atoms with Crippen molar-refractivity contribution in [2.45, 2.75) is 13.5 Å². The second-order valence-electron chi connectivity index (χ2n) is 7.73. The van der Waals surface area contributed by atoms with E-state index in [-0.39, 0.29) is 50.9 Å². The van der Waals surface area contributed by atoms with Crippen LogP contribution in [0.4, 0.5) is 11.4 Å². The molecule has 0 unspecified atom stereocenters. The molecule has 3 aromatic carbocycles. The first-order valence-corrected chi connectivity index (χ1v) is 11.7. The van der Waals surface area contributed by atoms with Gasteiger partial charge in [0.2, 0.25) is 5.90 Å². The number of nitrogens with zero attached hydrogens (tertiary/aromatic N) is 3. The summed E-state index contributed by atoms with van der Waals surface area (Å²) in [6, 6.07) is 13.0. The van der Waals surface area contributed by atoms with Crippen LogP contribution in [0.15, 0.2) is 65.3 Å². The molecule has 0 aromatic heterocycles. The molecule has 0 aliphatic carbocycles. The maximum atomic E-state index is 12.4. The third-order valence-corrected chi connectivity index (χ3v) is 5.78. The number of ether oxygens (including phenoxy) is 3. The number of hydrogen-bond acceptors (Lipinski definition) is 9. The fourth-order valence-corrected chi connectivity index (χ4v) is 3.88. The summed E-state index contributed by atoms with van der Waals surface area (Å²) in [5.41, 5.74) is 0.901. The van der Waals surface area contributed by atoms with E-state index in [0.717, 1.165) is 0 Å². The van der Waals surface area contributed by atoms with Gasteiger partial charge in [0, 0.05) is 23.8 Å². The number of cyclic esters (lactones) is 1. The van der Waals surface area contributed by atoms with E-state index in [0.29, 0.717) is 23.5 Å². The van der Waals surface area contributed by atoms with Gasteiger partial charge in [0.15, 0.2) is 17.2 Å². The van der Waals surface area contributed by atoms with Crippen LogP contribution in [0.5, 0.6) is 11.5 Å². The molecule has 194 valence electrons. The number of benzene rings is 3. The Balaban J connectivity index is 1.60. The summed E-state index contributed by atoms with van der Waals surface area (Å²) in [6.07, 6.45) is 1.42. The number of carbonyl (C=O) groups is 1. The van der Waals surface area contributed by atoms with Gasteiger partial charge in [-0.2, -0.15) is 0 Å². The van der Waals surface area contributed by atoms with Crippen LogP contribution >= 0.6 is 23.2 Å². The van der Waals surface area contributed by atoms with Gasteiger partial charge in [-0.25, -0.2) is 9.79 Å². The maximum Gasteiger partial charge on any atom is 0.363 e. The summed E-state index contributed by atoms with van der Waals surface area (Å²) in [4.78, 5) is 37.5. The Morgan fingerprint density at radius 2 is 1.71 bits per heavy atom. The molecule has 38 heavy (non-hydrogen) atoms. The highest BCUT2D eigenvalue weighted by Crippen LogP contribution is 2.38. The fraction of sp³-hybridized carbons (Fsp3) is 0.120. The van der Waals surface area contributed by atoms with Crippen molar-refractivity contribution in [1.82, 2.24) is 0 Å². The molecule has 13 heteroatoms. The Bertz CT molecular complexity index is 1500. The molecule has 0 N–H and O–H groups in total. The lowest BCUT2D eigenvalue weighted by atomic mass is 10.1. The van der Waals surface area contributed by atoms with E-state index in [4.69, 9.17) is 37.4 Å². The van der Waals surface area contributed by atoms with Crippen LogP contribution in [0.25, 0.3) is 6.08 Å². The molecule has 0 saturated carbocycles. The van der Waals surface area contributed by atoms with Crippen LogP contribution in [0.3, 0.4) is 0 Å². The third-order valence-electron chi connectivity index (χ3n) is 5.18. The monoisotopic (exact) mass is 557 g/mol. The van der Waals surface area contributed by atoms with Crippen LogP contribution in [-0.4, -0.2) is 28.3 Å². The van der Waals surface area contributed by atoms with E-state index in [1.54, 1.807) is 25.1 Å². The Hall–Kier alpha value is -4.48. The number of nitro groups is 2. The van der Waals surface area contributed by atoms with Crippen molar-refractivity contribution >= 4 is 52.5 Å². The highest BCUT2D eigenvalue weighted by molar-refractivity contribution is 6.33. The van der Waals surface area contributed by atoms with Crippen molar-refractivity contribution in [3.8, 4) is 11.5 Å². The smallest absolute Gasteiger partial charge is 0.363 e. The minimum Gasteiger partial charge on any atom is -0.490 e. The predicted molar refractivity (Wildman–Crippen MR) is 139 cm³/mol. The molecule has 0 amide bonds. The zero-order valence-corrected chi connectivity index (χ0v) is 21.1.